The summed E-state index contributed by atoms with van der Waals surface area (Å²) in [5, 5.41) is 3.97. The maximum atomic E-state index is 3.97. The summed E-state index contributed by atoms with van der Waals surface area (Å²) >= 11 is 0. The molecule has 0 radical (unpaired) electrons. The number of aryl methyl sites for hydroxylation is 1. The van der Waals surface area contributed by atoms with Crippen molar-refractivity contribution in [1.29, 1.82) is 0 Å². The van der Waals surface area contributed by atoms with Crippen molar-refractivity contribution in [2.45, 2.75) is 77.2 Å². The molecule has 5 aliphatic rings. The Morgan fingerprint density at radius 1 is 1.04 bits per heavy atom. The molecule has 0 aromatic heterocycles. The van der Waals surface area contributed by atoms with E-state index in [1.807, 2.05) is 0 Å². The van der Waals surface area contributed by atoms with Crippen molar-refractivity contribution >= 4 is 5.69 Å². The number of benzene rings is 1. The summed E-state index contributed by atoms with van der Waals surface area (Å²) in [6.07, 6.45) is 14.4. The van der Waals surface area contributed by atoms with E-state index in [0.29, 0.717) is 5.41 Å². The van der Waals surface area contributed by atoms with Crippen LogP contribution in [0, 0.1) is 23.2 Å². The van der Waals surface area contributed by atoms with Crippen molar-refractivity contribution in [2.75, 3.05) is 5.32 Å². The van der Waals surface area contributed by atoms with Crippen molar-refractivity contribution in [3.05, 3.63) is 29.3 Å². The molecule has 0 amide bonds. The smallest absolute Gasteiger partial charge is 0.0376 e. The zero-order valence-corrected chi connectivity index (χ0v) is 14.6. The van der Waals surface area contributed by atoms with Gasteiger partial charge in [0.1, 0.15) is 0 Å². The Kier molecular flexibility index (Phi) is 3.29. The lowest BCUT2D eigenvalue weighted by molar-refractivity contribution is -0.0619. The fourth-order valence-corrected chi connectivity index (χ4v) is 6.93. The standard InChI is InChI=1S/C22H31N/c1-2-3-4-15-5-6-20-19(10-15)11-21(23-20)22-12-16-7-17(13-22)9-18(8-16)14-22/h5-6,10,16-18,21,23H,2-4,7-9,11-14H2,1H3. The molecule has 4 fully saturated rings. The van der Waals surface area contributed by atoms with Gasteiger partial charge in [-0.15, -0.1) is 0 Å². The average molecular weight is 309 g/mol. The van der Waals surface area contributed by atoms with Crippen LogP contribution in [0.3, 0.4) is 0 Å². The van der Waals surface area contributed by atoms with Gasteiger partial charge in [-0.25, -0.2) is 0 Å². The fourth-order valence-electron chi connectivity index (χ4n) is 6.93. The lowest BCUT2D eigenvalue weighted by Crippen LogP contribution is -2.53. The van der Waals surface area contributed by atoms with E-state index in [-0.39, 0.29) is 0 Å². The Morgan fingerprint density at radius 3 is 2.39 bits per heavy atom. The minimum atomic E-state index is 0.636. The molecule has 1 aliphatic heterocycles. The molecule has 1 heteroatoms. The summed E-state index contributed by atoms with van der Waals surface area (Å²) < 4.78 is 0. The first-order valence-electron chi connectivity index (χ1n) is 10.1. The zero-order chi connectivity index (χ0) is 15.4. The Bertz CT molecular complexity index is 567. The van der Waals surface area contributed by atoms with Gasteiger partial charge in [0, 0.05) is 11.7 Å². The molecule has 6 rings (SSSR count). The minimum Gasteiger partial charge on any atom is -0.381 e. The number of hydrogen-bond acceptors (Lipinski definition) is 1. The van der Waals surface area contributed by atoms with E-state index in [2.05, 4.69) is 30.4 Å². The van der Waals surface area contributed by atoms with Crippen LogP contribution in [0.5, 0.6) is 0 Å². The average Bonchev–Trinajstić information content (AvgIpc) is 2.95. The minimum absolute atomic E-state index is 0.636. The SMILES string of the molecule is CCCCc1ccc2c(c1)CC(C13CC4CC(CC(C4)C1)C3)N2. The molecule has 0 spiro atoms. The number of anilines is 1. The van der Waals surface area contributed by atoms with Crippen LogP contribution in [-0.2, 0) is 12.8 Å². The van der Waals surface area contributed by atoms with E-state index in [4.69, 9.17) is 0 Å². The maximum Gasteiger partial charge on any atom is 0.0376 e. The molecule has 1 aromatic carbocycles. The molecule has 4 aliphatic carbocycles. The highest BCUT2D eigenvalue weighted by molar-refractivity contribution is 5.58. The van der Waals surface area contributed by atoms with E-state index >= 15 is 0 Å². The third-order valence-corrected chi connectivity index (χ3v) is 7.57. The molecule has 4 saturated carbocycles. The van der Waals surface area contributed by atoms with Gasteiger partial charge in [0.2, 0.25) is 0 Å². The first-order valence-corrected chi connectivity index (χ1v) is 10.1. The molecule has 4 bridgehead atoms. The first kappa shape index (κ1) is 14.4. The van der Waals surface area contributed by atoms with Gasteiger partial charge in [0.15, 0.2) is 0 Å². The number of hydrogen-bond donors (Lipinski definition) is 1. The summed E-state index contributed by atoms with van der Waals surface area (Å²) in [6.45, 7) is 2.29. The first-order chi connectivity index (χ1) is 11.2. The molecule has 1 nitrogen and oxygen atoms in total. The Morgan fingerprint density at radius 2 is 1.74 bits per heavy atom. The summed E-state index contributed by atoms with van der Waals surface area (Å²) in [6, 6.07) is 7.98. The third kappa shape index (κ3) is 2.34. The second-order valence-electron chi connectivity index (χ2n) is 9.28. The summed E-state index contributed by atoms with van der Waals surface area (Å²) in [4.78, 5) is 0. The highest BCUT2D eigenvalue weighted by atomic mass is 15.0. The highest BCUT2D eigenvalue weighted by Gasteiger charge is 2.54. The molecule has 1 unspecified atom stereocenters. The number of rotatable bonds is 4. The molecule has 1 N–H and O–H groups in total. The number of unbranched alkanes of at least 4 members (excludes halogenated alkanes) is 1. The number of fused-ring (bicyclic) bond motifs is 1. The second kappa shape index (κ2) is 5.26. The largest absolute Gasteiger partial charge is 0.381 e. The van der Waals surface area contributed by atoms with Crippen molar-refractivity contribution in [2.24, 2.45) is 23.2 Å². The molecule has 23 heavy (non-hydrogen) atoms. The molecule has 1 heterocycles. The van der Waals surface area contributed by atoms with Gasteiger partial charge in [0.25, 0.3) is 0 Å². The predicted octanol–water partition coefficient (Wildman–Crippen LogP) is 5.58. The van der Waals surface area contributed by atoms with Crippen LogP contribution < -0.4 is 5.32 Å². The summed E-state index contributed by atoms with van der Waals surface area (Å²) in [7, 11) is 0. The van der Waals surface area contributed by atoms with E-state index in [9.17, 15) is 0 Å². The Labute approximate surface area is 141 Å². The van der Waals surface area contributed by atoms with Crippen molar-refractivity contribution in [3.8, 4) is 0 Å². The van der Waals surface area contributed by atoms with Crippen LogP contribution in [-0.4, -0.2) is 6.04 Å². The Hall–Kier alpha value is -0.980. The maximum absolute atomic E-state index is 3.97. The normalized spacial score (nSPS) is 40.2. The van der Waals surface area contributed by atoms with E-state index < -0.39 is 0 Å². The second-order valence-corrected chi connectivity index (χ2v) is 9.28. The monoisotopic (exact) mass is 309 g/mol. The molecule has 0 saturated heterocycles. The van der Waals surface area contributed by atoms with Crippen molar-refractivity contribution in [1.82, 2.24) is 0 Å². The van der Waals surface area contributed by atoms with E-state index in [0.717, 1.165) is 23.8 Å². The lowest BCUT2D eigenvalue weighted by atomic mass is 9.47. The molecular formula is C22H31N. The summed E-state index contributed by atoms with van der Waals surface area (Å²) in [5.41, 5.74) is 5.25. The van der Waals surface area contributed by atoms with Crippen LogP contribution in [0.2, 0.25) is 0 Å². The van der Waals surface area contributed by atoms with Gasteiger partial charge in [-0.1, -0.05) is 25.5 Å². The van der Waals surface area contributed by atoms with Gasteiger partial charge in [0.05, 0.1) is 0 Å². The molecular weight excluding hydrogens is 278 g/mol. The van der Waals surface area contributed by atoms with Crippen LogP contribution in [0.1, 0.15) is 69.4 Å². The van der Waals surface area contributed by atoms with Crippen LogP contribution in [0.4, 0.5) is 5.69 Å². The molecule has 1 aromatic rings. The van der Waals surface area contributed by atoms with Crippen LogP contribution in [0.25, 0.3) is 0 Å². The van der Waals surface area contributed by atoms with Gasteiger partial charge < -0.3 is 5.32 Å². The van der Waals surface area contributed by atoms with Gasteiger partial charge in [-0.2, -0.15) is 0 Å². The van der Waals surface area contributed by atoms with Crippen molar-refractivity contribution < 1.29 is 0 Å². The van der Waals surface area contributed by atoms with Crippen LogP contribution >= 0.6 is 0 Å². The highest BCUT2D eigenvalue weighted by Crippen LogP contribution is 2.62. The predicted molar refractivity (Wildman–Crippen MR) is 96.8 cm³/mol. The van der Waals surface area contributed by atoms with Crippen molar-refractivity contribution in [3.63, 3.8) is 0 Å². The van der Waals surface area contributed by atoms with Crippen LogP contribution in [0.15, 0.2) is 18.2 Å². The third-order valence-electron chi connectivity index (χ3n) is 7.57. The number of nitrogens with one attached hydrogen (secondary N) is 1. The quantitative estimate of drug-likeness (QED) is 0.765. The zero-order valence-electron chi connectivity index (χ0n) is 14.6. The molecule has 124 valence electrons. The van der Waals surface area contributed by atoms with Gasteiger partial charge >= 0.3 is 0 Å². The fraction of sp³-hybridized carbons (Fsp3) is 0.727. The summed E-state index contributed by atoms with van der Waals surface area (Å²) in [5.74, 6) is 3.19. The topological polar surface area (TPSA) is 12.0 Å². The van der Waals surface area contributed by atoms with E-state index in [1.165, 1.54) is 50.6 Å². The Balaban J connectivity index is 1.37. The van der Waals surface area contributed by atoms with Gasteiger partial charge in [-0.3, -0.25) is 0 Å². The lowest BCUT2D eigenvalue weighted by Gasteiger charge is -2.59. The van der Waals surface area contributed by atoms with E-state index in [1.54, 1.807) is 30.4 Å². The van der Waals surface area contributed by atoms with Gasteiger partial charge in [-0.05, 0) is 98.1 Å². The molecule has 1 atom stereocenters.